The number of hydrogen-bond acceptors (Lipinski definition) is 3. The molecule has 0 fully saturated rings. The van der Waals surface area contributed by atoms with E-state index in [1.807, 2.05) is 30.3 Å². The molecule has 0 aliphatic heterocycles. The molecule has 0 atom stereocenters. The van der Waals surface area contributed by atoms with E-state index in [9.17, 15) is 4.79 Å². The van der Waals surface area contributed by atoms with E-state index < -0.39 is 0 Å². The predicted molar refractivity (Wildman–Crippen MR) is 78.3 cm³/mol. The summed E-state index contributed by atoms with van der Waals surface area (Å²) in [5.41, 5.74) is 1.21. The number of rotatable bonds is 5. The van der Waals surface area contributed by atoms with Gasteiger partial charge in [-0.2, -0.15) is 0 Å². The Labute approximate surface area is 122 Å². The molecule has 1 aromatic carbocycles. The minimum atomic E-state index is -0.186. The Balaban J connectivity index is 1.80. The van der Waals surface area contributed by atoms with Crippen LogP contribution < -0.4 is 10.1 Å². The quantitative estimate of drug-likeness (QED) is 0.680. The Hall–Kier alpha value is -2.07. The van der Waals surface area contributed by atoms with Gasteiger partial charge in [-0.05, 0) is 31.2 Å². The first-order valence-corrected chi connectivity index (χ1v) is 6.63. The first-order chi connectivity index (χ1) is 9.65. The lowest BCUT2D eigenvalue weighted by molar-refractivity contribution is 0.0947. The van der Waals surface area contributed by atoms with Crippen LogP contribution in [0, 0.1) is 6.92 Å². The number of hydrogen-bond donors (Lipinski definition) is 1. The van der Waals surface area contributed by atoms with Crippen molar-refractivity contribution in [3.63, 3.8) is 0 Å². The highest BCUT2D eigenvalue weighted by molar-refractivity contribution is 6.29. The zero-order chi connectivity index (χ0) is 14.4. The Kier molecular flexibility index (Phi) is 4.96. The lowest BCUT2D eigenvalue weighted by Crippen LogP contribution is -2.28. The van der Waals surface area contributed by atoms with Crippen LogP contribution in [0.25, 0.3) is 0 Å². The van der Waals surface area contributed by atoms with Gasteiger partial charge < -0.3 is 10.1 Å². The van der Waals surface area contributed by atoms with E-state index in [1.165, 1.54) is 0 Å². The Morgan fingerprint density at radius 2 is 2.05 bits per heavy atom. The maximum Gasteiger partial charge on any atom is 0.251 e. The van der Waals surface area contributed by atoms with Crippen LogP contribution in [0.5, 0.6) is 5.75 Å². The highest BCUT2D eigenvalue weighted by Gasteiger charge is 2.07. The molecule has 20 heavy (non-hydrogen) atoms. The fourth-order valence-electron chi connectivity index (χ4n) is 1.71. The summed E-state index contributed by atoms with van der Waals surface area (Å²) in [7, 11) is 0. The number of ether oxygens (including phenoxy) is 1. The SMILES string of the molecule is Cc1cc(C(=O)NCCOc2ccccc2)cc(Cl)n1. The van der Waals surface area contributed by atoms with Crippen molar-refractivity contribution in [2.75, 3.05) is 13.2 Å². The fourth-order valence-corrected chi connectivity index (χ4v) is 1.96. The van der Waals surface area contributed by atoms with Gasteiger partial charge in [-0.1, -0.05) is 29.8 Å². The van der Waals surface area contributed by atoms with Crippen LogP contribution in [0.4, 0.5) is 0 Å². The first-order valence-electron chi connectivity index (χ1n) is 6.25. The molecule has 0 unspecified atom stereocenters. The summed E-state index contributed by atoms with van der Waals surface area (Å²) < 4.78 is 5.49. The van der Waals surface area contributed by atoms with Crippen molar-refractivity contribution in [3.8, 4) is 5.75 Å². The molecule has 0 radical (unpaired) electrons. The summed E-state index contributed by atoms with van der Waals surface area (Å²) in [6.45, 7) is 2.63. The summed E-state index contributed by atoms with van der Waals surface area (Å²) in [5, 5.41) is 3.09. The molecule has 1 amide bonds. The molecule has 2 aromatic rings. The number of nitrogens with one attached hydrogen (secondary N) is 1. The minimum Gasteiger partial charge on any atom is -0.492 e. The number of nitrogens with zero attached hydrogens (tertiary/aromatic N) is 1. The van der Waals surface area contributed by atoms with Crippen molar-refractivity contribution in [1.82, 2.24) is 10.3 Å². The lowest BCUT2D eigenvalue weighted by Gasteiger charge is -2.08. The number of carbonyl (C=O) groups is 1. The zero-order valence-corrected chi connectivity index (χ0v) is 11.9. The smallest absolute Gasteiger partial charge is 0.251 e. The van der Waals surface area contributed by atoms with Crippen LogP contribution in [-0.4, -0.2) is 24.0 Å². The van der Waals surface area contributed by atoms with Gasteiger partial charge in [0.2, 0.25) is 0 Å². The summed E-state index contributed by atoms with van der Waals surface area (Å²) in [6, 6.07) is 12.7. The van der Waals surface area contributed by atoms with Crippen LogP contribution in [0.3, 0.4) is 0 Å². The number of aromatic nitrogens is 1. The van der Waals surface area contributed by atoms with Crippen molar-refractivity contribution in [2.24, 2.45) is 0 Å². The van der Waals surface area contributed by atoms with Gasteiger partial charge in [-0.3, -0.25) is 4.79 Å². The molecule has 0 aliphatic rings. The molecular weight excluding hydrogens is 276 g/mol. The van der Waals surface area contributed by atoms with E-state index in [2.05, 4.69) is 10.3 Å². The summed E-state index contributed by atoms with van der Waals surface area (Å²) in [5.74, 6) is 0.596. The number of benzene rings is 1. The molecule has 0 saturated heterocycles. The maximum atomic E-state index is 11.9. The van der Waals surface area contributed by atoms with E-state index >= 15 is 0 Å². The van der Waals surface area contributed by atoms with Gasteiger partial charge in [0, 0.05) is 11.3 Å². The van der Waals surface area contributed by atoms with Crippen molar-refractivity contribution >= 4 is 17.5 Å². The van der Waals surface area contributed by atoms with Gasteiger partial charge in [0.05, 0.1) is 6.54 Å². The number of halogens is 1. The van der Waals surface area contributed by atoms with E-state index in [0.29, 0.717) is 29.6 Å². The third-order valence-corrected chi connectivity index (χ3v) is 2.78. The van der Waals surface area contributed by atoms with E-state index in [-0.39, 0.29) is 5.91 Å². The summed E-state index contributed by atoms with van der Waals surface area (Å²) in [4.78, 5) is 15.9. The monoisotopic (exact) mass is 290 g/mol. The third-order valence-electron chi connectivity index (χ3n) is 2.58. The Morgan fingerprint density at radius 1 is 1.30 bits per heavy atom. The average Bonchev–Trinajstić information content (AvgIpc) is 2.43. The summed E-state index contributed by atoms with van der Waals surface area (Å²) in [6.07, 6.45) is 0. The van der Waals surface area contributed by atoms with Gasteiger partial charge in [-0.25, -0.2) is 4.98 Å². The molecule has 0 bridgehead atoms. The fraction of sp³-hybridized carbons (Fsp3) is 0.200. The number of para-hydroxylation sites is 1. The number of pyridine rings is 1. The predicted octanol–water partition coefficient (Wildman–Crippen LogP) is 2.85. The van der Waals surface area contributed by atoms with Gasteiger partial charge in [-0.15, -0.1) is 0 Å². The lowest BCUT2D eigenvalue weighted by atomic mass is 10.2. The number of carbonyl (C=O) groups excluding carboxylic acids is 1. The standard InChI is InChI=1S/C15H15ClN2O2/c1-11-9-12(10-14(16)18-11)15(19)17-7-8-20-13-5-3-2-4-6-13/h2-6,9-10H,7-8H2,1H3,(H,17,19). The van der Waals surface area contributed by atoms with Crippen molar-refractivity contribution < 1.29 is 9.53 Å². The normalized spacial score (nSPS) is 10.1. The van der Waals surface area contributed by atoms with Crippen LogP contribution in [-0.2, 0) is 0 Å². The van der Waals surface area contributed by atoms with E-state index in [0.717, 1.165) is 5.75 Å². The van der Waals surface area contributed by atoms with Crippen molar-refractivity contribution in [3.05, 3.63) is 58.9 Å². The highest BCUT2D eigenvalue weighted by atomic mass is 35.5. The topological polar surface area (TPSA) is 51.2 Å². The number of amides is 1. The number of aryl methyl sites for hydroxylation is 1. The molecule has 4 nitrogen and oxygen atoms in total. The molecule has 1 N–H and O–H groups in total. The van der Waals surface area contributed by atoms with Crippen molar-refractivity contribution in [1.29, 1.82) is 0 Å². The van der Waals surface area contributed by atoms with Crippen LogP contribution in [0.2, 0.25) is 5.15 Å². The van der Waals surface area contributed by atoms with Gasteiger partial charge in [0.15, 0.2) is 0 Å². The molecule has 2 rings (SSSR count). The second-order valence-corrected chi connectivity index (χ2v) is 4.62. The Morgan fingerprint density at radius 3 is 2.75 bits per heavy atom. The average molecular weight is 291 g/mol. The molecule has 0 saturated carbocycles. The van der Waals surface area contributed by atoms with Crippen molar-refractivity contribution in [2.45, 2.75) is 6.92 Å². The second kappa shape index (κ2) is 6.91. The van der Waals surface area contributed by atoms with Crippen LogP contribution >= 0.6 is 11.6 Å². The minimum absolute atomic E-state index is 0.186. The molecule has 5 heteroatoms. The highest BCUT2D eigenvalue weighted by Crippen LogP contribution is 2.10. The summed E-state index contributed by atoms with van der Waals surface area (Å²) >= 11 is 5.82. The van der Waals surface area contributed by atoms with Crippen LogP contribution in [0.15, 0.2) is 42.5 Å². The van der Waals surface area contributed by atoms with Gasteiger partial charge in [0.25, 0.3) is 5.91 Å². The molecular formula is C15H15ClN2O2. The largest absolute Gasteiger partial charge is 0.492 e. The van der Waals surface area contributed by atoms with Gasteiger partial charge in [0.1, 0.15) is 17.5 Å². The molecule has 1 aromatic heterocycles. The second-order valence-electron chi connectivity index (χ2n) is 4.24. The molecule has 0 spiro atoms. The molecule has 0 aliphatic carbocycles. The molecule has 104 valence electrons. The third kappa shape index (κ3) is 4.24. The van der Waals surface area contributed by atoms with Gasteiger partial charge >= 0.3 is 0 Å². The zero-order valence-electron chi connectivity index (χ0n) is 11.1. The van der Waals surface area contributed by atoms with E-state index in [1.54, 1.807) is 19.1 Å². The first kappa shape index (κ1) is 14.3. The van der Waals surface area contributed by atoms with E-state index in [4.69, 9.17) is 16.3 Å². The Bertz CT molecular complexity index is 567. The molecule has 1 heterocycles. The van der Waals surface area contributed by atoms with Crippen LogP contribution in [0.1, 0.15) is 16.1 Å². The maximum absolute atomic E-state index is 11.9.